The number of carbonyl (C=O) groups is 1. The van der Waals surface area contributed by atoms with Crippen molar-refractivity contribution >= 4 is 5.91 Å². The predicted octanol–water partition coefficient (Wildman–Crippen LogP) is 2.89. The molecule has 2 heterocycles. The largest absolute Gasteiger partial charge is 0.436 e. The quantitative estimate of drug-likeness (QED) is 0.847. The first-order valence-electron chi connectivity index (χ1n) is 8.48. The number of rotatable bonds is 5. The van der Waals surface area contributed by atoms with Gasteiger partial charge in [-0.15, -0.1) is 0 Å². The van der Waals surface area contributed by atoms with E-state index < -0.39 is 0 Å². The fraction of sp³-hybridized carbons (Fsp3) is 0.474. The summed E-state index contributed by atoms with van der Waals surface area (Å²) in [6, 6.07) is 10.5. The van der Waals surface area contributed by atoms with Crippen molar-refractivity contribution in [2.24, 2.45) is 5.92 Å². The van der Waals surface area contributed by atoms with Crippen LogP contribution < -0.4 is 0 Å². The number of hydrogen-bond acceptors (Lipinski definition) is 4. The van der Waals surface area contributed by atoms with Crippen LogP contribution in [0.5, 0.6) is 0 Å². The third-order valence-corrected chi connectivity index (χ3v) is 4.60. The van der Waals surface area contributed by atoms with Gasteiger partial charge in [0.05, 0.1) is 5.69 Å². The van der Waals surface area contributed by atoms with Crippen LogP contribution in [0.15, 0.2) is 34.7 Å². The molecule has 1 aliphatic rings. The maximum absolute atomic E-state index is 12.5. The lowest BCUT2D eigenvalue weighted by atomic mass is 10.1. The molecule has 1 aliphatic heterocycles. The highest BCUT2D eigenvalue weighted by atomic mass is 16.4. The highest BCUT2D eigenvalue weighted by molar-refractivity contribution is 5.92. The van der Waals surface area contributed by atoms with Crippen LogP contribution in [0.2, 0.25) is 0 Å². The topological polar surface area (TPSA) is 49.6 Å². The number of aryl methyl sites for hydroxylation is 2. The van der Waals surface area contributed by atoms with Crippen molar-refractivity contribution in [3.05, 3.63) is 53.2 Å². The van der Waals surface area contributed by atoms with Gasteiger partial charge in [0.1, 0.15) is 0 Å². The van der Waals surface area contributed by atoms with E-state index in [-0.39, 0.29) is 5.91 Å². The summed E-state index contributed by atoms with van der Waals surface area (Å²) in [4.78, 5) is 20.9. The third-order valence-electron chi connectivity index (χ3n) is 4.60. The first-order chi connectivity index (χ1) is 11.5. The van der Waals surface area contributed by atoms with Crippen LogP contribution in [0, 0.1) is 19.8 Å². The molecule has 1 aromatic carbocycles. The van der Waals surface area contributed by atoms with Gasteiger partial charge < -0.3 is 9.32 Å². The number of benzene rings is 1. The molecule has 24 heavy (non-hydrogen) atoms. The van der Waals surface area contributed by atoms with E-state index in [1.165, 1.54) is 5.56 Å². The molecule has 5 heteroatoms. The summed E-state index contributed by atoms with van der Waals surface area (Å²) in [7, 11) is 1.85. The Balaban J connectivity index is 1.53. The molecule has 2 aromatic rings. The van der Waals surface area contributed by atoms with E-state index in [9.17, 15) is 4.79 Å². The van der Waals surface area contributed by atoms with E-state index in [2.05, 4.69) is 34.1 Å². The van der Waals surface area contributed by atoms with Crippen LogP contribution in [0.1, 0.15) is 34.1 Å². The van der Waals surface area contributed by atoms with Crippen LogP contribution >= 0.6 is 0 Å². The molecular formula is C19H25N3O2. The number of amides is 1. The lowest BCUT2D eigenvalue weighted by Crippen LogP contribution is -2.33. The van der Waals surface area contributed by atoms with E-state index in [1.54, 1.807) is 11.8 Å². The Morgan fingerprint density at radius 1 is 1.33 bits per heavy atom. The van der Waals surface area contributed by atoms with Crippen molar-refractivity contribution in [2.75, 3.05) is 26.7 Å². The van der Waals surface area contributed by atoms with E-state index in [1.807, 2.05) is 20.0 Å². The SMILES string of the molecule is Cc1nc(C)c(C(=O)N(C)CC2CCN(Cc3ccccc3)C2)o1. The molecule has 1 amide bonds. The molecule has 1 atom stereocenters. The molecule has 0 N–H and O–H groups in total. The maximum atomic E-state index is 12.5. The monoisotopic (exact) mass is 327 g/mol. The van der Waals surface area contributed by atoms with Gasteiger partial charge in [-0.2, -0.15) is 0 Å². The van der Waals surface area contributed by atoms with E-state index in [0.29, 0.717) is 23.3 Å². The van der Waals surface area contributed by atoms with Crippen LogP contribution in [0.25, 0.3) is 0 Å². The van der Waals surface area contributed by atoms with Crippen LogP contribution in [0.3, 0.4) is 0 Å². The molecule has 3 rings (SSSR count). The Kier molecular flexibility index (Phi) is 5.00. The molecule has 1 aromatic heterocycles. The summed E-state index contributed by atoms with van der Waals surface area (Å²) in [6.45, 7) is 7.43. The summed E-state index contributed by atoms with van der Waals surface area (Å²) < 4.78 is 5.45. The van der Waals surface area contributed by atoms with Crippen molar-refractivity contribution in [1.82, 2.24) is 14.8 Å². The smallest absolute Gasteiger partial charge is 0.291 e. The Hall–Kier alpha value is -2.14. The van der Waals surface area contributed by atoms with Crippen molar-refractivity contribution in [3.63, 3.8) is 0 Å². The zero-order chi connectivity index (χ0) is 17.1. The number of likely N-dealkylation sites (tertiary alicyclic amines) is 1. The van der Waals surface area contributed by atoms with Gasteiger partial charge in [0.25, 0.3) is 5.91 Å². The minimum absolute atomic E-state index is 0.0744. The Labute approximate surface area is 143 Å². The minimum Gasteiger partial charge on any atom is -0.436 e. The van der Waals surface area contributed by atoms with Gasteiger partial charge in [-0.25, -0.2) is 4.98 Å². The molecule has 0 saturated carbocycles. The Morgan fingerprint density at radius 2 is 2.08 bits per heavy atom. The van der Waals surface area contributed by atoms with Gasteiger partial charge in [0.15, 0.2) is 5.89 Å². The second kappa shape index (κ2) is 7.18. The zero-order valence-corrected chi connectivity index (χ0v) is 14.7. The standard InChI is InChI=1S/C19H25N3O2/c1-14-18(24-15(2)20-14)19(23)21(3)11-17-9-10-22(13-17)12-16-7-5-4-6-8-16/h4-8,17H,9-13H2,1-3H3. The first kappa shape index (κ1) is 16.7. The van der Waals surface area contributed by atoms with Gasteiger partial charge in [-0.1, -0.05) is 30.3 Å². The molecule has 128 valence electrons. The van der Waals surface area contributed by atoms with Gasteiger partial charge in [-0.05, 0) is 31.4 Å². The average molecular weight is 327 g/mol. The summed E-state index contributed by atoms with van der Waals surface area (Å²) >= 11 is 0. The van der Waals surface area contributed by atoms with Crippen molar-refractivity contribution in [3.8, 4) is 0 Å². The summed E-state index contributed by atoms with van der Waals surface area (Å²) in [5.41, 5.74) is 2.01. The van der Waals surface area contributed by atoms with Gasteiger partial charge >= 0.3 is 0 Å². The van der Waals surface area contributed by atoms with Crippen LogP contribution in [-0.2, 0) is 6.54 Å². The van der Waals surface area contributed by atoms with E-state index in [4.69, 9.17) is 4.42 Å². The number of nitrogens with zero attached hydrogens (tertiary/aromatic N) is 3. The van der Waals surface area contributed by atoms with Gasteiger partial charge in [0, 0.05) is 33.6 Å². The third kappa shape index (κ3) is 3.85. The summed E-state index contributed by atoms with van der Waals surface area (Å²) in [5, 5.41) is 0. The number of hydrogen-bond donors (Lipinski definition) is 0. The highest BCUT2D eigenvalue weighted by Gasteiger charge is 2.27. The van der Waals surface area contributed by atoms with Crippen molar-refractivity contribution in [1.29, 1.82) is 0 Å². The average Bonchev–Trinajstić information content (AvgIpc) is 3.13. The molecule has 1 fully saturated rings. The van der Waals surface area contributed by atoms with Crippen LogP contribution in [0.4, 0.5) is 0 Å². The molecule has 1 saturated heterocycles. The van der Waals surface area contributed by atoms with Crippen molar-refractivity contribution < 1.29 is 9.21 Å². The lowest BCUT2D eigenvalue weighted by Gasteiger charge is -2.21. The number of oxazole rings is 1. The fourth-order valence-corrected chi connectivity index (χ4v) is 3.42. The second-order valence-corrected chi connectivity index (χ2v) is 6.71. The molecule has 1 unspecified atom stereocenters. The van der Waals surface area contributed by atoms with Gasteiger partial charge in [0.2, 0.25) is 5.76 Å². The molecule has 0 spiro atoms. The molecule has 0 aliphatic carbocycles. The maximum Gasteiger partial charge on any atom is 0.291 e. The molecule has 0 bridgehead atoms. The zero-order valence-electron chi connectivity index (χ0n) is 14.7. The fourth-order valence-electron chi connectivity index (χ4n) is 3.42. The van der Waals surface area contributed by atoms with Crippen LogP contribution in [-0.4, -0.2) is 47.4 Å². The summed E-state index contributed by atoms with van der Waals surface area (Å²) in [5.74, 6) is 1.34. The van der Waals surface area contributed by atoms with E-state index in [0.717, 1.165) is 32.6 Å². The van der Waals surface area contributed by atoms with E-state index >= 15 is 0 Å². The predicted molar refractivity (Wildman–Crippen MR) is 92.8 cm³/mol. The molecular weight excluding hydrogens is 302 g/mol. The highest BCUT2D eigenvalue weighted by Crippen LogP contribution is 2.20. The Bertz CT molecular complexity index is 696. The van der Waals surface area contributed by atoms with Crippen molar-refractivity contribution in [2.45, 2.75) is 26.8 Å². The summed E-state index contributed by atoms with van der Waals surface area (Å²) in [6.07, 6.45) is 1.12. The number of carbonyl (C=O) groups excluding carboxylic acids is 1. The molecule has 0 radical (unpaired) electrons. The first-order valence-corrected chi connectivity index (χ1v) is 8.48. The number of aromatic nitrogens is 1. The van der Waals surface area contributed by atoms with Gasteiger partial charge in [-0.3, -0.25) is 9.69 Å². The second-order valence-electron chi connectivity index (χ2n) is 6.71. The molecule has 5 nitrogen and oxygen atoms in total. The lowest BCUT2D eigenvalue weighted by molar-refractivity contribution is 0.0739. The normalized spacial score (nSPS) is 18.0. The minimum atomic E-state index is -0.0744. The Morgan fingerprint density at radius 3 is 2.75 bits per heavy atom.